The Morgan fingerprint density at radius 1 is 0.889 bits per heavy atom. The lowest BCUT2D eigenvalue weighted by molar-refractivity contribution is -0.140. The number of nitrogens with zero attached hydrogens (tertiary/aromatic N) is 2. The molecule has 0 unspecified atom stereocenters. The number of carbonyl (C=O) groups is 2. The van der Waals surface area contributed by atoms with Crippen molar-refractivity contribution < 1.29 is 27.5 Å². The Kier molecular flexibility index (Phi) is 12.6. The summed E-state index contributed by atoms with van der Waals surface area (Å²) in [5.74, 6) is -0.354. The topological polar surface area (TPSA) is 105 Å². The molecule has 3 aromatic rings. The number of amides is 2. The lowest BCUT2D eigenvalue weighted by Crippen LogP contribution is -2.53. The monoisotopic (exact) mass is 677 g/mol. The summed E-state index contributed by atoms with van der Waals surface area (Å²) in [6.45, 7) is 8.69. The quantitative estimate of drug-likeness (QED) is 0.208. The van der Waals surface area contributed by atoms with Gasteiger partial charge in [0.15, 0.2) is 11.5 Å². The van der Waals surface area contributed by atoms with E-state index in [1.165, 1.54) is 37.3 Å². The Morgan fingerprint density at radius 2 is 1.53 bits per heavy atom. The molecule has 0 aliphatic heterocycles. The minimum absolute atomic E-state index is 0.0433. The van der Waals surface area contributed by atoms with E-state index in [1.54, 1.807) is 37.3 Å². The van der Waals surface area contributed by atoms with Crippen molar-refractivity contribution in [3.05, 3.63) is 81.3 Å². The third kappa shape index (κ3) is 8.83. The van der Waals surface area contributed by atoms with Gasteiger partial charge in [-0.3, -0.25) is 13.9 Å². The summed E-state index contributed by atoms with van der Waals surface area (Å²) in [6.07, 6.45) is 0.981. The zero-order chi connectivity index (χ0) is 33.5. The molecule has 45 heavy (non-hydrogen) atoms. The van der Waals surface area contributed by atoms with Crippen molar-refractivity contribution in [3.8, 4) is 11.5 Å². The van der Waals surface area contributed by atoms with E-state index in [0.29, 0.717) is 33.5 Å². The molecule has 0 spiro atoms. The zero-order valence-electron chi connectivity index (χ0n) is 26.7. The van der Waals surface area contributed by atoms with Crippen molar-refractivity contribution in [1.82, 2.24) is 10.2 Å². The molecule has 244 valence electrons. The van der Waals surface area contributed by atoms with Crippen LogP contribution in [0.25, 0.3) is 0 Å². The molecule has 0 bridgehead atoms. The van der Waals surface area contributed by atoms with Crippen LogP contribution in [0, 0.1) is 13.8 Å². The SMILES string of the molecule is CC[C@@H](C)NC(=O)[C@H](CC)N(Cc1ccc(Cl)cc1Cl)C(=O)CN(c1cc(C)cc(C)c1)S(=O)(=O)c1ccc(OC)c(OC)c1. The number of aryl methyl sites for hydroxylation is 2. The molecule has 0 fully saturated rings. The third-order valence-corrected chi connectivity index (χ3v) is 9.82. The number of hydrogen-bond donors (Lipinski definition) is 1. The molecule has 9 nitrogen and oxygen atoms in total. The van der Waals surface area contributed by atoms with Crippen molar-refractivity contribution in [3.63, 3.8) is 0 Å². The Balaban J connectivity index is 2.16. The average Bonchev–Trinajstić information content (AvgIpc) is 2.99. The minimum Gasteiger partial charge on any atom is -0.493 e. The van der Waals surface area contributed by atoms with Crippen LogP contribution in [0.3, 0.4) is 0 Å². The van der Waals surface area contributed by atoms with Gasteiger partial charge in [-0.05, 0) is 86.7 Å². The molecule has 1 N–H and O–H groups in total. The first-order valence-electron chi connectivity index (χ1n) is 14.6. The first kappa shape index (κ1) is 36.0. The molecule has 0 aliphatic carbocycles. The number of nitrogens with one attached hydrogen (secondary N) is 1. The van der Waals surface area contributed by atoms with Crippen molar-refractivity contribution in [2.45, 2.75) is 71.0 Å². The summed E-state index contributed by atoms with van der Waals surface area (Å²) in [6, 6.07) is 13.4. The second kappa shape index (κ2) is 15.7. The summed E-state index contributed by atoms with van der Waals surface area (Å²) in [4.78, 5) is 29.1. The second-order valence-corrected chi connectivity index (χ2v) is 13.6. The Morgan fingerprint density at radius 3 is 2.09 bits per heavy atom. The highest BCUT2D eigenvalue weighted by molar-refractivity contribution is 7.92. The maximum absolute atomic E-state index is 14.4. The van der Waals surface area contributed by atoms with E-state index in [2.05, 4.69) is 5.32 Å². The highest BCUT2D eigenvalue weighted by Crippen LogP contribution is 2.33. The molecule has 0 saturated heterocycles. The normalized spacial score (nSPS) is 12.6. The van der Waals surface area contributed by atoms with Crippen molar-refractivity contribution in [2.24, 2.45) is 0 Å². The van der Waals surface area contributed by atoms with Crippen LogP contribution in [0.4, 0.5) is 5.69 Å². The smallest absolute Gasteiger partial charge is 0.264 e. The Labute approximate surface area is 276 Å². The second-order valence-electron chi connectivity index (χ2n) is 10.9. The zero-order valence-corrected chi connectivity index (χ0v) is 29.0. The van der Waals surface area contributed by atoms with Crippen molar-refractivity contribution in [1.29, 1.82) is 0 Å². The molecule has 0 aliphatic rings. The van der Waals surface area contributed by atoms with E-state index in [0.717, 1.165) is 15.4 Å². The molecule has 2 atom stereocenters. The fraction of sp³-hybridized carbons (Fsp3) is 0.394. The fourth-order valence-corrected chi connectivity index (χ4v) is 6.80. The van der Waals surface area contributed by atoms with Gasteiger partial charge in [0.1, 0.15) is 12.6 Å². The number of sulfonamides is 1. The summed E-state index contributed by atoms with van der Waals surface area (Å²) in [5.41, 5.74) is 2.49. The molecule has 12 heteroatoms. The third-order valence-electron chi connectivity index (χ3n) is 7.46. The van der Waals surface area contributed by atoms with E-state index in [4.69, 9.17) is 32.7 Å². The number of halogens is 2. The standard InChI is InChI=1S/C33H41Cl2N3O6S/c1-8-23(5)36-33(40)29(9-2)37(19-24-10-11-25(34)17-28(24)35)32(39)20-38(26-15-21(3)14-22(4)16-26)45(41,42)27-12-13-30(43-6)31(18-27)44-7/h10-18,23,29H,8-9,19-20H2,1-7H3,(H,36,40)/t23-,29+/m1/s1. The van der Waals surface area contributed by atoms with Crippen LogP contribution >= 0.6 is 23.2 Å². The molecule has 0 saturated carbocycles. The minimum atomic E-state index is -4.33. The lowest BCUT2D eigenvalue weighted by Gasteiger charge is -2.34. The average molecular weight is 679 g/mol. The van der Waals surface area contributed by atoms with Gasteiger partial charge in [-0.15, -0.1) is 0 Å². The van der Waals surface area contributed by atoms with Gasteiger partial charge in [-0.2, -0.15) is 0 Å². The molecular formula is C33H41Cl2N3O6S. The predicted molar refractivity (Wildman–Crippen MR) is 179 cm³/mol. The molecule has 3 aromatic carbocycles. The predicted octanol–water partition coefficient (Wildman–Crippen LogP) is 6.54. The largest absolute Gasteiger partial charge is 0.493 e. The van der Waals surface area contributed by atoms with E-state index in [-0.39, 0.29) is 35.6 Å². The number of rotatable bonds is 14. The number of anilines is 1. The fourth-order valence-electron chi connectivity index (χ4n) is 4.92. The van der Waals surface area contributed by atoms with Crippen LogP contribution in [0.2, 0.25) is 10.0 Å². The molecule has 2 amide bonds. The van der Waals surface area contributed by atoms with Gasteiger partial charge in [0.25, 0.3) is 10.0 Å². The first-order valence-corrected chi connectivity index (χ1v) is 16.8. The summed E-state index contributed by atoms with van der Waals surface area (Å²) in [7, 11) is -1.46. The summed E-state index contributed by atoms with van der Waals surface area (Å²) in [5, 5.41) is 3.70. The number of methoxy groups -OCH3 is 2. The van der Waals surface area contributed by atoms with Gasteiger partial charge in [-0.25, -0.2) is 8.42 Å². The van der Waals surface area contributed by atoms with E-state index < -0.39 is 28.5 Å². The first-order chi connectivity index (χ1) is 21.2. The van der Waals surface area contributed by atoms with Crippen LogP contribution in [-0.4, -0.2) is 58.0 Å². The molecule has 3 rings (SSSR count). The van der Waals surface area contributed by atoms with Gasteiger partial charge in [0.2, 0.25) is 11.8 Å². The van der Waals surface area contributed by atoms with Crippen LogP contribution < -0.4 is 19.1 Å². The van der Waals surface area contributed by atoms with Crippen molar-refractivity contribution in [2.75, 3.05) is 25.1 Å². The summed E-state index contributed by atoms with van der Waals surface area (Å²) < 4.78 is 40.4. The van der Waals surface area contributed by atoms with Gasteiger partial charge in [-0.1, -0.05) is 49.2 Å². The Hall–Kier alpha value is -3.47. The molecule has 0 aromatic heterocycles. The van der Waals surface area contributed by atoms with Gasteiger partial charge in [0, 0.05) is 28.7 Å². The van der Waals surface area contributed by atoms with Crippen LogP contribution in [0.1, 0.15) is 50.3 Å². The van der Waals surface area contributed by atoms with Crippen LogP contribution in [0.5, 0.6) is 11.5 Å². The van der Waals surface area contributed by atoms with Gasteiger partial charge < -0.3 is 19.7 Å². The van der Waals surface area contributed by atoms with Crippen LogP contribution in [-0.2, 0) is 26.2 Å². The molecule has 0 radical (unpaired) electrons. The number of ether oxygens (including phenoxy) is 2. The maximum Gasteiger partial charge on any atom is 0.264 e. The highest BCUT2D eigenvalue weighted by Gasteiger charge is 2.34. The molecular weight excluding hydrogens is 637 g/mol. The summed E-state index contributed by atoms with van der Waals surface area (Å²) >= 11 is 12.6. The highest BCUT2D eigenvalue weighted by atomic mass is 35.5. The van der Waals surface area contributed by atoms with Crippen molar-refractivity contribution >= 4 is 50.7 Å². The Bertz CT molecular complexity index is 1610. The van der Waals surface area contributed by atoms with E-state index in [9.17, 15) is 18.0 Å². The number of carbonyl (C=O) groups excluding carboxylic acids is 2. The maximum atomic E-state index is 14.4. The van der Waals surface area contributed by atoms with Gasteiger partial charge >= 0.3 is 0 Å². The lowest BCUT2D eigenvalue weighted by atomic mass is 10.1. The van der Waals surface area contributed by atoms with Gasteiger partial charge in [0.05, 0.1) is 24.8 Å². The molecule has 0 heterocycles. The number of hydrogen-bond acceptors (Lipinski definition) is 6. The van der Waals surface area contributed by atoms with E-state index >= 15 is 0 Å². The van der Waals surface area contributed by atoms with E-state index in [1.807, 2.05) is 33.8 Å². The number of benzene rings is 3. The van der Waals surface area contributed by atoms with Crippen LogP contribution in [0.15, 0.2) is 59.5 Å².